The molecule has 1 aromatic carbocycles. The van der Waals surface area contributed by atoms with E-state index in [-0.39, 0.29) is 5.91 Å². The van der Waals surface area contributed by atoms with Gasteiger partial charge in [0, 0.05) is 63.8 Å². The third-order valence-electron chi connectivity index (χ3n) is 4.68. The van der Waals surface area contributed by atoms with E-state index in [4.69, 9.17) is 0 Å². The predicted octanol–water partition coefficient (Wildman–Crippen LogP) is 1.47. The van der Waals surface area contributed by atoms with Crippen LogP contribution >= 0.6 is 0 Å². The minimum atomic E-state index is 0.0734. The minimum absolute atomic E-state index is 0.0734. The number of benzene rings is 1. The van der Waals surface area contributed by atoms with Crippen molar-refractivity contribution in [2.75, 3.05) is 45.8 Å². The van der Waals surface area contributed by atoms with Crippen molar-refractivity contribution in [3.05, 3.63) is 55.4 Å². The number of amides is 1. The lowest BCUT2D eigenvalue weighted by Crippen LogP contribution is -2.50. The molecule has 3 rings (SSSR count). The number of rotatable bonds is 8. The van der Waals surface area contributed by atoms with Crippen LogP contribution in [0.15, 0.2) is 55.4 Å². The molecule has 0 spiro atoms. The number of hydrogen-bond acceptors (Lipinski definition) is 4. The van der Waals surface area contributed by atoms with E-state index in [1.165, 1.54) is 0 Å². The first-order valence-corrected chi connectivity index (χ1v) is 9.15. The second kappa shape index (κ2) is 9.31. The quantitative estimate of drug-likeness (QED) is 0.730. The monoisotopic (exact) mass is 353 g/mol. The molecular formula is C20H27N5O. The van der Waals surface area contributed by atoms with E-state index in [0.29, 0.717) is 13.1 Å². The summed E-state index contributed by atoms with van der Waals surface area (Å²) in [6.45, 7) is 10.4. The molecule has 0 radical (unpaired) electrons. The van der Waals surface area contributed by atoms with Gasteiger partial charge in [-0.2, -0.15) is 0 Å². The number of carbonyl (C=O) groups is 1. The molecule has 0 atom stereocenters. The average Bonchev–Trinajstić information content (AvgIpc) is 3.15. The fourth-order valence-electron chi connectivity index (χ4n) is 3.20. The van der Waals surface area contributed by atoms with Crippen molar-refractivity contribution in [3.8, 4) is 11.4 Å². The lowest BCUT2D eigenvalue weighted by molar-refractivity contribution is -0.122. The Morgan fingerprint density at radius 1 is 1.12 bits per heavy atom. The Labute approximate surface area is 155 Å². The van der Waals surface area contributed by atoms with Gasteiger partial charge in [0.05, 0.1) is 6.54 Å². The average molecular weight is 353 g/mol. The van der Waals surface area contributed by atoms with Crippen LogP contribution in [0.3, 0.4) is 0 Å². The van der Waals surface area contributed by atoms with Gasteiger partial charge in [0.1, 0.15) is 5.82 Å². The van der Waals surface area contributed by atoms with Gasteiger partial charge in [-0.25, -0.2) is 4.98 Å². The molecule has 1 N–H and O–H groups in total. The number of piperazine rings is 1. The minimum Gasteiger partial charge on any atom is -0.352 e. The van der Waals surface area contributed by atoms with Gasteiger partial charge < -0.3 is 9.88 Å². The molecule has 6 nitrogen and oxygen atoms in total. The summed E-state index contributed by atoms with van der Waals surface area (Å²) < 4.78 is 2.21. The van der Waals surface area contributed by atoms with Crippen molar-refractivity contribution in [1.82, 2.24) is 24.7 Å². The normalized spacial score (nSPS) is 15.7. The molecule has 138 valence electrons. The van der Waals surface area contributed by atoms with Gasteiger partial charge in [-0.3, -0.25) is 14.6 Å². The highest BCUT2D eigenvalue weighted by atomic mass is 16.2. The molecular weight excluding hydrogens is 326 g/mol. The van der Waals surface area contributed by atoms with E-state index >= 15 is 0 Å². The Morgan fingerprint density at radius 2 is 1.85 bits per heavy atom. The van der Waals surface area contributed by atoms with Gasteiger partial charge in [-0.15, -0.1) is 6.58 Å². The molecule has 1 saturated heterocycles. The highest BCUT2D eigenvalue weighted by Gasteiger charge is 2.18. The number of carbonyl (C=O) groups excluding carboxylic acids is 1. The maximum absolute atomic E-state index is 11.8. The lowest BCUT2D eigenvalue weighted by atomic mass is 10.2. The fourth-order valence-corrected chi connectivity index (χ4v) is 3.20. The number of nitrogens with zero attached hydrogens (tertiary/aromatic N) is 4. The van der Waals surface area contributed by atoms with Gasteiger partial charge in [0.15, 0.2) is 0 Å². The van der Waals surface area contributed by atoms with Crippen LogP contribution in [0.4, 0.5) is 0 Å². The van der Waals surface area contributed by atoms with E-state index in [1.54, 1.807) is 6.08 Å². The molecule has 1 aliphatic rings. The van der Waals surface area contributed by atoms with Crippen LogP contribution in [0.1, 0.15) is 0 Å². The molecule has 0 aliphatic carbocycles. The Balaban J connectivity index is 1.44. The van der Waals surface area contributed by atoms with Gasteiger partial charge in [0.25, 0.3) is 0 Å². The van der Waals surface area contributed by atoms with E-state index in [2.05, 4.69) is 43.4 Å². The third kappa shape index (κ3) is 5.03. The summed E-state index contributed by atoms with van der Waals surface area (Å²) in [7, 11) is 0. The molecule has 1 aromatic heterocycles. The Hall–Kier alpha value is -2.44. The van der Waals surface area contributed by atoms with E-state index in [1.807, 2.05) is 30.6 Å². The van der Waals surface area contributed by atoms with Crippen molar-refractivity contribution >= 4 is 5.91 Å². The first-order valence-electron chi connectivity index (χ1n) is 9.15. The van der Waals surface area contributed by atoms with Gasteiger partial charge >= 0.3 is 0 Å². The SMILES string of the molecule is C=CCNC(=O)CN1CCN(CCn2ccnc2-c2ccccc2)CC1. The Kier molecular flexibility index (Phi) is 6.57. The zero-order valence-corrected chi connectivity index (χ0v) is 15.2. The highest BCUT2D eigenvalue weighted by Crippen LogP contribution is 2.16. The Morgan fingerprint density at radius 3 is 2.58 bits per heavy atom. The smallest absolute Gasteiger partial charge is 0.234 e. The summed E-state index contributed by atoms with van der Waals surface area (Å²) in [5.41, 5.74) is 1.15. The molecule has 2 aromatic rings. The maximum atomic E-state index is 11.8. The molecule has 0 saturated carbocycles. The largest absolute Gasteiger partial charge is 0.352 e. The second-order valence-electron chi connectivity index (χ2n) is 6.52. The maximum Gasteiger partial charge on any atom is 0.234 e. The van der Waals surface area contributed by atoms with Gasteiger partial charge in [-0.1, -0.05) is 36.4 Å². The standard InChI is InChI=1S/C20H27N5O/c1-2-8-21-19(26)17-24-13-11-23(12-14-24)15-16-25-10-9-22-20(25)18-6-4-3-5-7-18/h2-7,9-10H,1,8,11-17H2,(H,21,26). The molecule has 0 bridgehead atoms. The highest BCUT2D eigenvalue weighted by molar-refractivity contribution is 5.78. The summed E-state index contributed by atoms with van der Waals surface area (Å²) in [5, 5.41) is 2.83. The number of nitrogens with one attached hydrogen (secondary N) is 1. The first-order chi connectivity index (χ1) is 12.8. The van der Waals surface area contributed by atoms with Crippen molar-refractivity contribution < 1.29 is 4.79 Å². The van der Waals surface area contributed by atoms with E-state index in [9.17, 15) is 4.79 Å². The van der Waals surface area contributed by atoms with Crippen LogP contribution in [0.25, 0.3) is 11.4 Å². The number of hydrogen-bond donors (Lipinski definition) is 1. The predicted molar refractivity (Wildman–Crippen MR) is 104 cm³/mol. The topological polar surface area (TPSA) is 53.4 Å². The second-order valence-corrected chi connectivity index (χ2v) is 6.52. The summed E-state index contributed by atoms with van der Waals surface area (Å²) >= 11 is 0. The summed E-state index contributed by atoms with van der Waals surface area (Å²) in [5.74, 6) is 1.09. The van der Waals surface area contributed by atoms with Crippen molar-refractivity contribution in [1.29, 1.82) is 0 Å². The molecule has 2 heterocycles. The Bertz CT molecular complexity index is 704. The number of aromatic nitrogens is 2. The van der Waals surface area contributed by atoms with Crippen molar-refractivity contribution in [2.24, 2.45) is 0 Å². The molecule has 26 heavy (non-hydrogen) atoms. The van der Waals surface area contributed by atoms with E-state index < -0.39 is 0 Å². The van der Waals surface area contributed by atoms with E-state index in [0.717, 1.165) is 50.7 Å². The summed E-state index contributed by atoms with van der Waals surface area (Å²) in [6, 6.07) is 10.3. The van der Waals surface area contributed by atoms with Gasteiger partial charge in [-0.05, 0) is 0 Å². The lowest BCUT2D eigenvalue weighted by Gasteiger charge is -2.34. The van der Waals surface area contributed by atoms with Crippen LogP contribution in [0.5, 0.6) is 0 Å². The van der Waals surface area contributed by atoms with Crippen LogP contribution < -0.4 is 5.32 Å². The summed E-state index contributed by atoms with van der Waals surface area (Å²) in [6.07, 6.45) is 5.61. The fraction of sp³-hybridized carbons (Fsp3) is 0.400. The zero-order valence-electron chi connectivity index (χ0n) is 15.2. The molecule has 1 amide bonds. The summed E-state index contributed by atoms with van der Waals surface area (Å²) in [4.78, 5) is 20.9. The van der Waals surface area contributed by atoms with Crippen LogP contribution in [-0.2, 0) is 11.3 Å². The molecule has 0 unspecified atom stereocenters. The molecule has 1 aliphatic heterocycles. The van der Waals surface area contributed by atoms with Gasteiger partial charge in [0.2, 0.25) is 5.91 Å². The van der Waals surface area contributed by atoms with Crippen molar-refractivity contribution in [2.45, 2.75) is 6.54 Å². The first kappa shape index (κ1) is 18.4. The van der Waals surface area contributed by atoms with Crippen molar-refractivity contribution in [3.63, 3.8) is 0 Å². The third-order valence-corrected chi connectivity index (χ3v) is 4.68. The number of imidazole rings is 1. The zero-order chi connectivity index (χ0) is 18.2. The van der Waals surface area contributed by atoms with Crippen LogP contribution in [-0.4, -0.2) is 71.1 Å². The van der Waals surface area contributed by atoms with Crippen LogP contribution in [0.2, 0.25) is 0 Å². The molecule has 6 heteroatoms. The molecule has 1 fully saturated rings. The van der Waals surface area contributed by atoms with Crippen LogP contribution in [0, 0.1) is 0 Å².